The van der Waals surface area contributed by atoms with Crippen molar-refractivity contribution in [3.63, 3.8) is 0 Å². The Morgan fingerprint density at radius 3 is 2.76 bits per heavy atom. The SMILES string of the molecule is CCC(C)C1CN(C(C)c2ccc(Cl)cc2Cl)CCCN1. The van der Waals surface area contributed by atoms with Crippen molar-refractivity contribution in [2.75, 3.05) is 19.6 Å². The summed E-state index contributed by atoms with van der Waals surface area (Å²) in [6.45, 7) is 10.1. The summed E-state index contributed by atoms with van der Waals surface area (Å²) in [5.74, 6) is 0.693. The van der Waals surface area contributed by atoms with Crippen LogP contribution in [0.1, 0.15) is 45.2 Å². The Hall–Kier alpha value is -0.280. The minimum atomic E-state index is 0.321. The molecule has 3 atom stereocenters. The monoisotopic (exact) mass is 328 g/mol. The van der Waals surface area contributed by atoms with Crippen LogP contribution in [0.5, 0.6) is 0 Å². The highest BCUT2D eigenvalue weighted by Crippen LogP contribution is 2.30. The van der Waals surface area contributed by atoms with Gasteiger partial charge in [0.1, 0.15) is 0 Å². The fourth-order valence-corrected chi connectivity index (χ4v) is 3.60. The van der Waals surface area contributed by atoms with Crippen molar-refractivity contribution in [2.45, 2.75) is 45.7 Å². The van der Waals surface area contributed by atoms with Crippen LogP contribution in [0.3, 0.4) is 0 Å². The molecule has 0 aromatic heterocycles. The zero-order chi connectivity index (χ0) is 15.4. The molecule has 0 bridgehead atoms. The molecule has 1 aliphatic heterocycles. The normalized spacial score (nSPS) is 23.6. The molecule has 2 rings (SSSR count). The molecule has 1 N–H and O–H groups in total. The molecule has 0 aliphatic carbocycles. The van der Waals surface area contributed by atoms with Gasteiger partial charge in [-0.3, -0.25) is 4.90 Å². The van der Waals surface area contributed by atoms with Crippen molar-refractivity contribution in [1.82, 2.24) is 10.2 Å². The lowest BCUT2D eigenvalue weighted by atomic mass is 9.98. The van der Waals surface area contributed by atoms with Gasteiger partial charge in [-0.05, 0) is 43.5 Å². The van der Waals surface area contributed by atoms with Crippen molar-refractivity contribution < 1.29 is 0 Å². The molecule has 1 fully saturated rings. The molecule has 0 amide bonds. The van der Waals surface area contributed by atoms with Crippen molar-refractivity contribution in [1.29, 1.82) is 0 Å². The summed E-state index contributed by atoms with van der Waals surface area (Å²) in [6, 6.07) is 6.72. The lowest BCUT2D eigenvalue weighted by Gasteiger charge is -2.33. The third-order valence-corrected chi connectivity index (χ3v) is 5.31. The first-order valence-electron chi connectivity index (χ1n) is 7.95. The van der Waals surface area contributed by atoms with Crippen LogP contribution in [0.15, 0.2) is 18.2 Å². The molecule has 21 heavy (non-hydrogen) atoms. The molecular weight excluding hydrogens is 303 g/mol. The van der Waals surface area contributed by atoms with Gasteiger partial charge in [-0.25, -0.2) is 0 Å². The van der Waals surface area contributed by atoms with Gasteiger partial charge in [0.2, 0.25) is 0 Å². The maximum Gasteiger partial charge on any atom is 0.0468 e. The Balaban J connectivity index is 2.14. The van der Waals surface area contributed by atoms with Crippen LogP contribution in [0, 0.1) is 5.92 Å². The first-order valence-corrected chi connectivity index (χ1v) is 8.71. The summed E-state index contributed by atoms with van der Waals surface area (Å²) < 4.78 is 0. The van der Waals surface area contributed by atoms with Gasteiger partial charge in [-0.15, -0.1) is 0 Å². The molecule has 118 valence electrons. The average molecular weight is 329 g/mol. The quantitative estimate of drug-likeness (QED) is 0.856. The fraction of sp³-hybridized carbons (Fsp3) is 0.647. The number of benzene rings is 1. The Bertz CT molecular complexity index is 464. The molecule has 1 aromatic rings. The maximum absolute atomic E-state index is 6.38. The summed E-state index contributed by atoms with van der Waals surface area (Å²) in [6.07, 6.45) is 2.39. The molecule has 1 saturated heterocycles. The Morgan fingerprint density at radius 2 is 2.10 bits per heavy atom. The van der Waals surface area contributed by atoms with Gasteiger partial charge < -0.3 is 5.32 Å². The predicted molar refractivity (Wildman–Crippen MR) is 92.3 cm³/mol. The van der Waals surface area contributed by atoms with Crippen LogP contribution < -0.4 is 5.32 Å². The van der Waals surface area contributed by atoms with Gasteiger partial charge >= 0.3 is 0 Å². The third-order valence-electron chi connectivity index (χ3n) is 4.75. The topological polar surface area (TPSA) is 15.3 Å². The minimum absolute atomic E-state index is 0.321. The molecule has 4 heteroatoms. The second kappa shape index (κ2) is 7.82. The third kappa shape index (κ3) is 4.35. The van der Waals surface area contributed by atoms with Gasteiger partial charge in [0.25, 0.3) is 0 Å². The summed E-state index contributed by atoms with van der Waals surface area (Å²) in [5, 5.41) is 5.17. The number of hydrogen-bond acceptors (Lipinski definition) is 2. The van der Waals surface area contributed by atoms with Crippen LogP contribution >= 0.6 is 23.2 Å². The van der Waals surface area contributed by atoms with Gasteiger partial charge in [0.05, 0.1) is 0 Å². The Kier molecular flexibility index (Phi) is 6.36. The highest BCUT2D eigenvalue weighted by atomic mass is 35.5. The first kappa shape index (κ1) is 17.1. The van der Waals surface area contributed by atoms with E-state index in [9.17, 15) is 0 Å². The van der Waals surface area contributed by atoms with Crippen molar-refractivity contribution in [3.8, 4) is 0 Å². The van der Waals surface area contributed by atoms with Gasteiger partial charge in [0.15, 0.2) is 0 Å². The molecule has 0 spiro atoms. The van der Waals surface area contributed by atoms with Crippen LogP contribution in [-0.4, -0.2) is 30.6 Å². The van der Waals surface area contributed by atoms with Crippen LogP contribution in [0.2, 0.25) is 10.0 Å². The Labute approximate surface area is 138 Å². The number of halogens is 2. The fourth-order valence-electron chi connectivity index (χ4n) is 3.03. The van der Waals surface area contributed by atoms with Crippen molar-refractivity contribution in [3.05, 3.63) is 33.8 Å². The van der Waals surface area contributed by atoms with Crippen molar-refractivity contribution >= 4 is 23.2 Å². The van der Waals surface area contributed by atoms with Crippen LogP contribution in [0.25, 0.3) is 0 Å². The first-order chi connectivity index (χ1) is 10.0. The number of hydrogen-bond donors (Lipinski definition) is 1. The minimum Gasteiger partial charge on any atom is -0.312 e. The van der Waals surface area contributed by atoms with E-state index in [1.807, 2.05) is 12.1 Å². The Morgan fingerprint density at radius 1 is 1.33 bits per heavy atom. The lowest BCUT2D eigenvalue weighted by Crippen LogP contribution is -2.42. The van der Waals surface area contributed by atoms with E-state index in [4.69, 9.17) is 23.2 Å². The summed E-state index contributed by atoms with van der Waals surface area (Å²) in [5.41, 5.74) is 1.17. The number of rotatable bonds is 4. The zero-order valence-corrected chi connectivity index (χ0v) is 14.7. The van der Waals surface area contributed by atoms with Gasteiger partial charge in [0, 0.05) is 35.2 Å². The van der Waals surface area contributed by atoms with E-state index >= 15 is 0 Å². The van der Waals surface area contributed by atoms with Gasteiger partial charge in [-0.1, -0.05) is 49.5 Å². The highest BCUT2D eigenvalue weighted by Gasteiger charge is 2.26. The van der Waals surface area contributed by atoms with E-state index in [1.54, 1.807) is 0 Å². The summed E-state index contributed by atoms with van der Waals surface area (Å²) in [4.78, 5) is 2.55. The van der Waals surface area contributed by atoms with E-state index in [-0.39, 0.29) is 0 Å². The second-order valence-corrected chi connectivity index (χ2v) is 6.98. The predicted octanol–water partition coefficient (Wildman–Crippen LogP) is 4.76. The van der Waals surface area contributed by atoms with Gasteiger partial charge in [-0.2, -0.15) is 0 Å². The van der Waals surface area contributed by atoms with Crippen LogP contribution in [-0.2, 0) is 0 Å². The van der Waals surface area contributed by atoms with Crippen molar-refractivity contribution in [2.24, 2.45) is 5.92 Å². The number of nitrogens with zero attached hydrogens (tertiary/aromatic N) is 1. The maximum atomic E-state index is 6.38. The van der Waals surface area contributed by atoms with Crippen LogP contribution in [0.4, 0.5) is 0 Å². The van der Waals surface area contributed by atoms with E-state index in [1.165, 1.54) is 18.4 Å². The largest absolute Gasteiger partial charge is 0.312 e. The zero-order valence-electron chi connectivity index (χ0n) is 13.2. The molecule has 1 heterocycles. The van der Waals surface area contributed by atoms with E-state index in [2.05, 4.69) is 37.1 Å². The standard InChI is InChI=1S/C17H26Cl2N2/c1-4-12(2)17-11-21(9-5-8-20-17)13(3)15-7-6-14(18)10-16(15)19/h6-7,10,12-13,17,20H,4-5,8-9,11H2,1-3H3. The highest BCUT2D eigenvalue weighted by molar-refractivity contribution is 6.35. The molecular formula is C17H26Cl2N2. The number of nitrogens with one attached hydrogen (secondary N) is 1. The summed E-state index contributed by atoms with van der Waals surface area (Å²) in [7, 11) is 0. The lowest BCUT2D eigenvalue weighted by molar-refractivity contribution is 0.188. The molecule has 1 aromatic carbocycles. The van der Waals surface area contributed by atoms with E-state index < -0.39 is 0 Å². The molecule has 1 aliphatic rings. The second-order valence-electron chi connectivity index (χ2n) is 6.14. The average Bonchev–Trinajstić information content (AvgIpc) is 2.71. The summed E-state index contributed by atoms with van der Waals surface area (Å²) >= 11 is 12.4. The smallest absolute Gasteiger partial charge is 0.0468 e. The van der Waals surface area contributed by atoms with E-state index in [0.717, 1.165) is 24.7 Å². The van der Waals surface area contributed by atoms with E-state index in [0.29, 0.717) is 23.0 Å². The molecule has 2 nitrogen and oxygen atoms in total. The molecule has 0 radical (unpaired) electrons. The molecule has 0 saturated carbocycles. The molecule has 3 unspecified atom stereocenters.